The number of nitrogens with two attached hydrogens (primary N) is 1. The van der Waals surface area contributed by atoms with Crippen molar-refractivity contribution in [3.8, 4) is 11.4 Å². The number of halogens is 3. The molecule has 0 aliphatic carbocycles. The van der Waals surface area contributed by atoms with Crippen molar-refractivity contribution in [2.75, 3.05) is 5.32 Å². The average molecular weight is 286 g/mol. The Kier molecular flexibility index (Phi) is 3.51. The molecule has 1 heterocycles. The van der Waals surface area contributed by atoms with Gasteiger partial charge in [0.1, 0.15) is 11.6 Å². The molecule has 0 radical (unpaired) electrons. The van der Waals surface area contributed by atoms with Gasteiger partial charge >= 0.3 is 12.4 Å². The van der Waals surface area contributed by atoms with Crippen LogP contribution in [-0.2, 0) is 0 Å². The fourth-order valence-corrected chi connectivity index (χ4v) is 1.52. The van der Waals surface area contributed by atoms with Gasteiger partial charge in [-0.15, -0.1) is 13.2 Å². The number of nitrogens with zero attached hydrogens (tertiary/aromatic N) is 2. The molecule has 0 fully saturated rings. The highest BCUT2D eigenvalue weighted by Gasteiger charge is 2.30. The third kappa shape index (κ3) is 3.40. The van der Waals surface area contributed by atoms with Crippen LogP contribution in [-0.4, -0.2) is 22.2 Å². The molecule has 0 saturated heterocycles. The molecule has 0 atom stereocenters. The number of carbonyl (C=O) groups is 1. The smallest absolute Gasteiger partial charge is 0.406 e. The van der Waals surface area contributed by atoms with Crippen LogP contribution in [0.4, 0.5) is 23.8 Å². The number of hydrogen-bond acceptors (Lipinski definition) is 3. The molecule has 0 bridgehead atoms. The van der Waals surface area contributed by atoms with Gasteiger partial charge in [-0.3, -0.25) is 5.32 Å². The lowest BCUT2D eigenvalue weighted by Gasteiger charge is -2.10. The van der Waals surface area contributed by atoms with E-state index in [0.717, 1.165) is 12.1 Å². The molecule has 2 amide bonds. The number of ether oxygens (including phenoxy) is 1. The highest BCUT2D eigenvalue weighted by molar-refractivity contribution is 5.87. The number of hydrogen-bond donors (Lipinski definition) is 2. The van der Waals surface area contributed by atoms with Gasteiger partial charge < -0.3 is 10.5 Å². The summed E-state index contributed by atoms with van der Waals surface area (Å²) in [5, 5.41) is 6.26. The van der Waals surface area contributed by atoms with Crippen molar-refractivity contribution in [3.05, 3.63) is 36.5 Å². The molecular weight excluding hydrogens is 277 g/mol. The third-order valence-electron chi connectivity index (χ3n) is 2.21. The SMILES string of the molecule is NC(=O)Nc1ccnn1-c1ccc(OC(F)(F)F)cc1. The standard InChI is InChI=1S/C11H9F3N4O2/c12-11(13,14)20-8-3-1-7(2-4-8)18-9(5-6-16-18)17-10(15)19/h1-6H,(H3,15,17,19). The van der Waals surface area contributed by atoms with E-state index in [-0.39, 0.29) is 5.75 Å². The van der Waals surface area contributed by atoms with Crippen LogP contribution in [0.15, 0.2) is 36.5 Å². The Morgan fingerprint density at radius 1 is 1.25 bits per heavy atom. The van der Waals surface area contributed by atoms with E-state index in [1.165, 1.54) is 29.1 Å². The van der Waals surface area contributed by atoms with Gasteiger partial charge in [0.05, 0.1) is 11.9 Å². The molecule has 0 unspecified atom stereocenters. The van der Waals surface area contributed by atoms with Gasteiger partial charge in [-0.25, -0.2) is 9.48 Å². The van der Waals surface area contributed by atoms with Crippen LogP contribution in [0.2, 0.25) is 0 Å². The predicted octanol–water partition coefficient (Wildman–Crippen LogP) is 2.26. The molecule has 0 spiro atoms. The Morgan fingerprint density at radius 3 is 2.45 bits per heavy atom. The van der Waals surface area contributed by atoms with E-state index in [4.69, 9.17) is 5.73 Å². The fourth-order valence-electron chi connectivity index (χ4n) is 1.52. The highest BCUT2D eigenvalue weighted by atomic mass is 19.4. The summed E-state index contributed by atoms with van der Waals surface area (Å²) in [5.41, 5.74) is 5.43. The van der Waals surface area contributed by atoms with Gasteiger partial charge in [0.25, 0.3) is 0 Å². The van der Waals surface area contributed by atoms with Crippen molar-refractivity contribution in [2.24, 2.45) is 5.73 Å². The number of alkyl halides is 3. The van der Waals surface area contributed by atoms with Crippen LogP contribution < -0.4 is 15.8 Å². The second kappa shape index (κ2) is 5.11. The number of nitrogens with one attached hydrogen (secondary N) is 1. The van der Waals surface area contributed by atoms with Crippen LogP contribution in [0, 0.1) is 0 Å². The van der Waals surface area contributed by atoms with Crippen LogP contribution >= 0.6 is 0 Å². The summed E-state index contributed by atoms with van der Waals surface area (Å²) in [5.74, 6) is -0.0557. The molecule has 3 N–H and O–H groups in total. The molecule has 0 aliphatic rings. The molecule has 2 aromatic rings. The zero-order valence-electron chi connectivity index (χ0n) is 9.89. The summed E-state index contributed by atoms with van der Waals surface area (Å²) in [6.07, 6.45) is -3.34. The number of amides is 2. The minimum atomic E-state index is -4.74. The molecule has 2 rings (SSSR count). The summed E-state index contributed by atoms with van der Waals surface area (Å²) in [7, 11) is 0. The van der Waals surface area contributed by atoms with Crippen molar-refractivity contribution < 1.29 is 22.7 Å². The maximum atomic E-state index is 12.0. The van der Waals surface area contributed by atoms with Crippen molar-refractivity contribution in [3.63, 3.8) is 0 Å². The van der Waals surface area contributed by atoms with Gasteiger partial charge in [-0.1, -0.05) is 0 Å². The third-order valence-corrected chi connectivity index (χ3v) is 2.21. The van der Waals surface area contributed by atoms with Crippen LogP contribution in [0.25, 0.3) is 5.69 Å². The average Bonchev–Trinajstić information content (AvgIpc) is 2.75. The topological polar surface area (TPSA) is 82.2 Å². The van der Waals surface area contributed by atoms with E-state index in [1.54, 1.807) is 0 Å². The van der Waals surface area contributed by atoms with Crippen molar-refractivity contribution >= 4 is 11.8 Å². The van der Waals surface area contributed by atoms with Gasteiger partial charge in [-0.2, -0.15) is 5.10 Å². The van der Waals surface area contributed by atoms with Crippen LogP contribution in [0.3, 0.4) is 0 Å². The maximum absolute atomic E-state index is 12.0. The monoisotopic (exact) mass is 286 g/mol. The molecule has 0 aliphatic heterocycles. The predicted molar refractivity (Wildman–Crippen MR) is 63.5 cm³/mol. The first-order chi connectivity index (χ1) is 9.35. The minimum absolute atomic E-state index is 0.294. The van der Waals surface area contributed by atoms with E-state index in [9.17, 15) is 18.0 Å². The van der Waals surface area contributed by atoms with Crippen LogP contribution in [0.5, 0.6) is 5.75 Å². The Morgan fingerprint density at radius 2 is 1.90 bits per heavy atom. The van der Waals surface area contributed by atoms with Crippen molar-refractivity contribution in [1.82, 2.24) is 9.78 Å². The first-order valence-corrected chi connectivity index (χ1v) is 5.32. The zero-order chi connectivity index (χ0) is 14.8. The minimum Gasteiger partial charge on any atom is -0.406 e. The van der Waals surface area contributed by atoms with Crippen LogP contribution in [0.1, 0.15) is 0 Å². The molecule has 106 valence electrons. The second-order valence-electron chi connectivity index (χ2n) is 3.66. The van der Waals surface area contributed by atoms with Gasteiger partial charge in [0.2, 0.25) is 0 Å². The van der Waals surface area contributed by atoms with Gasteiger partial charge in [0, 0.05) is 6.07 Å². The molecule has 6 nitrogen and oxygen atoms in total. The largest absolute Gasteiger partial charge is 0.573 e. The Balaban J connectivity index is 2.22. The lowest BCUT2D eigenvalue weighted by atomic mass is 10.3. The highest BCUT2D eigenvalue weighted by Crippen LogP contribution is 2.24. The molecule has 1 aromatic heterocycles. The summed E-state index contributed by atoms with van der Waals surface area (Å²) in [6.45, 7) is 0. The summed E-state index contributed by atoms with van der Waals surface area (Å²) < 4.78 is 41.1. The van der Waals surface area contributed by atoms with Gasteiger partial charge in [-0.05, 0) is 24.3 Å². The number of anilines is 1. The van der Waals surface area contributed by atoms with E-state index in [2.05, 4.69) is 15.2 Å². The normalized spacial score (nSPS) is 11.2. The molecule has 20 heavy (non-hydrogen) atoms. The Labute approximate surface area is 110 Å². The number of urea groups is 1. The van der Waals surface area contributed by atoms with Crippen molar-refractivity contribution in [1.29, 1.82) is 0 Å². The molecule has 0 saturated carbocycles. The Hall–Kier alpha value is -2.71. The number of aromatic nitrogens is 2. The number of benzene rings is 1. The maximum Gasteiger partial charge on any atom is 0.573 e. The lowest BCUT2D eigenvalue weighted by Crippen LogP contribution is -2.21. The first kappa shape index (κ1) is 13.7. The fraction of sp³-hybridized carbons (Fsp3) is 0.0909. The van der Waals surface area contributed by atoms with E-state index >= 15 is 0 Å². The number of primary amides is 1. The molecular formula is C11H9F3N4O2. The lowest BCUT2D eigenvalue weighted by molar-refractivity contribution is -0.274. The summed E-state index contributed by atoms with van der Waals surface area (Å²) in [6, 6.07) is 5.71. The second-order valence-corrected chi connectivity index (χ2v) is 3.66. The quantitative estimate of drug-likeness (QED) is 0.908. The summed E-state index contributed by atoms with van der Waals surface area (Å²) in [4.78, 5) is 10.8. The van der Waals surface area contributed by atoms with Gasteiger partial charge in [0.15, 0.2) is 0 Å². The first-order valence-electron chi connectivity index (χ1n) is 5.32. The van der Waals surface area contributed by atoms with E-state index < -0.39 is 12.4 Å². The molecule has 1 aromatic carbocycles. The number of rotatable bonds is 3. The Bertz CT molecular complexity index is 607. The summed E-state index contributed by atoms with van der Waals surface area (Å²) >= 11 is 0. The number of carbonyl (C=O) groups excluding carboxylic acids is 1. The van der Waals surface area contributed by atoms with Crippen molar-refractivity contribution in [2.45, 2.75) is 6.36 Å². The van der Waals surface area contributed by atoms with E-state index in [0.29, 0.717) is 11.5 Å². The molecule has 9 heteroatoms. The zero-order valence-corrected chi connectivity index (χ0v) is 9.89. The van der Waals surface area contributed by atoms with E-state index in [1.807, 2.05) is 0 Å².